The first-order valence-corrected chi connectivity index (χ1v) is 23.8. The van der Waals surface area contributed by atoms with Gasteiger partial charge in [0.2, 0.25) is 0 Å². The van der Waals surface area contributed by atoms with Crippen molar-refractivity contribution in [1.29, 1.82) is 0 Å². The number of anilines is 6. The van der Waals surface area contributed by atoms with Gasteiger partial charge >= 0.3 is 0 Å². The molecule has 0 aliphatic carbocycles. The molecule has 0 bridgehead atoms. The van der Waals surface area contributed by atoms with Gasteiger partial charge in [-0.05, 0) is 152 Å². The van der Waals surface area contributed by atoms with Crippen LogP contribution >= 0.6 is 0 Å². The Balaban J connectivity index is 0.846. The Kier molecular flexibility index (Phi) is 9.17. The number of fused-ring (bicyclic) bond motifs is 9. The largest absolute Gasteiger partial charge is 0.456 e. The van der Waals surface area contributed by atoms with Crippen LogP contribution in [0.25, 0.3) is 98.4 Å². The monoisotopic (exact) mass is 894 g/mol. The SMILES string of the molecule is c1ccc(-c2ccc(N(c3ccc4ccccc4c3)c3ccc4c(c3)oc3cc5cc6c(cc5cc34)oc3cc(N(c4ccc(-c5ccccc5)cc4)c4ccc5ccccc5c4)ccc36)cc2)cc1. The molecule has 0 aliphatic rings. The van der Waals surface area contributed by atoms with Crippen LogP contribution in [0.2, 0.25) is 0 Å². The lowest BCUT2D eigenvalue weighted by atomic mass is 10.0. The van der Waals surface area contributed by atoms with E-state index in [1.165, 1.54) is 43.8 Å². The lowest BCUT2D eigenvalue weighted by molar-refractivity contribution is 0.668. The Morgan fingerprint density at radius 2 is 0.529 bits per heavy atom. The Hall–Kier alpha value is -9.38. The first kappa shape index (κ1) is 39.8. The van der Waals surface area contributed by atoms with E-state index in [0.717, 1.165) is 88.8 Å². The Morgan fingerprint density at radius 3 is 0.957 bits per heavy atom. The van der Waals surface area contributed by atoms with Crippen molar-refractivity contribution in [3.63, 3.8) is 0 Å². The van der Waals surface area contributed by atoms with Crippen LogP contribution < -0.4 is 9.80 Å². The Bertz CT molecular complexity index is 4010. The minimum Gasteiger partial charge on any atom is -0.456 e. The molecule has 14 rings (SSSR count). The summed E-state index contributed by atoms with van der Waals surface area (Å²) in [7, 11) is 0. The number of furan rings is 2. The van der Waals surface area contributed by atoms with Crippen molar-refractivity contribution in [2.45, 2.75) is 0 Å². The standard InChI is InChI=1S/C66H42N2O2/c1-3-11-43(12-4-1)47-19-25-53(26-20-47)67(55-29-23-45-15-7-9-17-49(45)35-55)57-31-33-59-61-37-51-40-64-62(38-52(51)39-63(61)69-65(59)41-57)60-34-32-58(42-66(60)70-64)68(56-30-24-46-16-8-10-18-50(46)36-56)54-27-21-48(22-28-54)44-13-5-2-6-14-44/h1-42H. The van der Waals surface area contributed by atoms with E-state index >= 15 is 0 Å². The van der Waals surface area contributed by atoms with Crippen molar-refractivity contribution in [2.75, 3.05) is 9.80 Å². The van der Waals surface area contributed by atoms with Gasteiger partial charge in [0.1, 0.15) is 22.3 Å². The molecule has 70 heavy (non-hydrogen) atoms. The molecule has 14 aromatic rings. The van der Waals surface area contributed by atoms with Gasteiger partial charge in [-0.25, -0.2) is 0 Å². The number of benzene rings is 12. The second-order valence-electron chi connectivity index (χ2n) is 18.2. The third kappa shape index (κ3) is 6.85. The summed E-state index contributed by atoms with van der Waals surface area (Å²) in [4.78, 5) is 4.63. The number of hydrogen-bond acceptors (Lipinski definition) is 4. The number of rotatable bonds is 8. The normalized spacial score (nSPS) is 11.7. The summed E-state index contributed by atoms with van der Waals surface area (Å²) < 4.78 is 13.6. The molecule has 0 aliphatic heterocycles. The van der Waals surface area contributed by atoms with E-state index in [9.17, 15) is 0 Å². The maximum atomic E-state index is 6.78. The minimum absolute atomic E-state index is 0.835. The van der Waals surface area contributed by atoms with Gasteiger partial charge in [0.05, 0.1) is 0 Å². The first-order chi connectivity index (χ1) is 34.6. The smallest absolute Gasteiger partial charge is 0.137 e. The Morgan fingerprint density at radius 1 is 0.200 bits per heavy atom. The predicted octanol–water partition coefficient (Wildman–Crippen LogP) is 19.2. The minimum atomic E-state index is 0.835. The summed E-state index contributed by atoms with van der Waals surface area (Å²) >= 11 is 0. The quantitative estimate of drug-likeness (QED) is 0.152. The second-order valence-corrected chi connectivity index (χ2v) is 18.2. The molecule has 12 aromatic carbocycles. The number of nitrogens with zero attached hydrogens (tertiary/aromatic N) is 2. The molecule has 0 saturated carbocycles. The topological polar surface area (TPSA) is 32.8 Å². The van der Waals surface area contributed by atoms with Gasteiger partial charge in [0, 0.05) is 67.8 Å². The third-order valence-corrected chi connectivity index (χ3v) is 14.0. The lowest BCUT2D eigenvalue weighted by Crippen LogP contribution is -2.09. The molecular weight excluding hydrogens is 853 g/mol. The molecule has 0 N–H and O–H groups in total. The van der Waals surface area contributed by atoms with Crippen molar-refractivity contribution in [2.24, 2.45) is 0 Å². The molecule has 4 heteroatoms. The van der Waals surface area contributed by atoms with Gasteiger partial charge in [-0.3, -0.25) is 0 Å². The molecule has 328 valence electrons. The van der Waals surface area contributed by atoms with E-state index in [1.54, 1.807) is 0 Å². The van der Waals surface area contributed by atoms with Gasteiger partial charge < -0.3 is 18.6 Å². The second kappa shape index (κ2) is 16.2. The third-order valence-electron chi connectivity index (χ3n) is 14.0. The molecule has 0 spiro atoms. The van der Waals surface area contributed by atoms with Crippen LogP contribution in [0.4, 0.5) is 34.1 Å². The van der Waals surface area contributed by atoms with Gasteiger partial charge in [0.15, 0.2) is 0 Å². The molecule has 2 aromatic heterocycles. The Labute approximate surface area is 404 Å². The summed E-state index contributed by atoms with van der Waals surface area (Å²) in [6.07, 6.45) is 0. The van der Waals surface area contributed by atoms with E-state index in [2.05, 4.69) is 265 Å². The van der Waals surface area contributed by atoms with E-state index in [4.69, 9.17) is 8.83 Å². The summed E-state index contributed by atoms with van der Waals surface area (Å²) in [5, 5.41) is 11.3. The first-order valence-electron chi connectivity index (χ1n) is 23.8. The molecule has 2 heterocycles. The maximum Gasteiger partial charge on any atom is 0.137 e. The van der Waals surface area contributed by atoms with Gasteiger partial charge in [0.25, 0.3) is 0 Å². The van der Waals surface area contributed by atoms with Crippen LogP contribution in [0.15, 0.2) is 264 Å². The highest BCUT2D eigenvalue weighted by Gasteiger charge is 2.20. The fourth-order valence-corrected chi connectivity index (χ4v) is 10.4. The molecule has 4 nitrogen and oxygen atoms in total. The van der Waals surface area contributed by atoms with Gasteiger partial charge in [-0.2, -0.15) is 0 Å². The molecule has 0 saturated heterocycles. The molecular formula is C66H42N2O2. The van der Waals surface area contributed by atoms with Crippen molar-refractivity contribution in [3.05, 3.63) is 255 Å². The predicted molar refractivity (Wildman–Crippen MR) is 294 cm³/mol. The summed E-state index contributed by atoms with van der Waals surface area (Å²) in [6.45, 7) is 0. The highest BCUT2D eigenvalue weighted by atomic mass is 16.3. The van der Waals surface area contributed by atoms with Crippen LogP contribution in [-0.4, -0.2) is 0 Å². The van der Waals surface area contributed by atoms with Crippen LogP contribution in [0.1, 0.15) is 0 Å². The summed E-state index contributed by atoms with van der Waals surface area (Å²) in [5.41, 5.74) is 14.4. The van der Waals surface area contributed by atoms with Crippen LogP contribution in [0, 0.1) is 0 Å². The highest BCUT2D eigenvalue weighted by Crippen LogP contribution is 2.44. The summed E-state index contributed by atoms with van der Waals surface area (Å²) in [5.74, 6) is 0. The average molecular weight is 895 g/mol. The fourth-order valence-electron chi connectivity index (χ4n) is 10.4. The van der Waals surface area contributed by atoms with E-state index in [1.807, 2.05) is 0 Å². The fraction of sp³-hybridized carbons (Fsp3) is 0. The molecule has 0 unspecified atom stereocenters. The van der Waals surface area contributed by atoms with Crippen molar-refractivity contribution < 1.29 is 8.83 Å². The van der Waals surface area contributed by atoms with E-state index < -0.39 is 0 Å². The van der Waals surface area contributed by atoms with Crippen molar-refractivity contribution >= 4 is 110 Å². The van der Waals surface area contributed by atoms with Crippen LogP contribution in [-0.2, 0) is 0 Å². The van der Waals surface area contributed by atoms with Crippen molar-refractivity contribution in [3.8, 4) is 22.3 Å². The van der Waals surface area contributed by atoms with Crippen LogP contribution in [0.3, 0.4) is 0 Å². The average Bonchev–Trinajstić information content (AvgIpc) is 3.96. The van der Waals surface area contributed by atoms with Gasteiger partial charge in [-0.15, -0.1) is 0 Å². The lowest BCUT2D eigenvalue weighted by Gasteiger charge is -2.26. The van der Waals surface area contributed by atoms with Crippen LogP contribution in [0.5, 0.6) is 0 Å². The van der Waals surface area contributed by atoms with E-state index in [0.29, 0.717) is 0 Å². The van der Waals surface area contributed by atoms with Gasteiger partial charge in [-0.1, -0.05) is 146 Å². The molecule has 0 amide bonds. The zero-order chi connectivity index (χ0) is 46.1. The molecule has 0 radical (unpaired) electrons. The number of hydrogen-bond donors (Lipinski definition) is 0. The maximum absolute atomic E-state index is 6.78. The molecule has 0 fully saturated rings. The molecule has 0 atom stereocenters. The van der Waals surface area contributed by atoms with Crippen molar-refractivity contribution in [1.82, 2.24) is 0 Å². The highest BCUT2D eigenvalue weighted by molar-refractivity contribution is 6.16. The zero-order valence-corrected chi connectivity index (χ0v) is 38.0. The summed E-state index contributed by atoms with van der Waals surface area (Å²) in [6, 6.07) is 91.1. The zero-order valence-electron chi connectivity index (χ0n) is 38.0. The van der Waals surface area contributed by atoms with E-state index in [-0.39, 0.29) is 0 Å².